The molecule has 2 rings (SSSR count). The summed E-state index contributed by atoms with van der Waals surface area (Å²) in [6, 6.07) is 1.64. The number of aromatic nitrogens is 3. The Balaban J connectivity index is 1.90. The maximum absolute atomic E-state index is 5.96. The van der Waals surface area contributed by atoms with E-state index in [1.807, 2.05) is 0 Å². The number of nitrogens with one attached hydrogen (secondary N) is 1. The topological polar surface area (TPSA) is 68.8 Å². The first-order chi connectivity index (χ1) is 8.15. The molecule has 0 aliphatic carbocycles. The standard InChI is InChI=1S/C10H11Cl2N5/c11-7-3-9(12)10(15-4-7)14-1-2-17-6-8(13)5-16-17/h3-6H,1-2,13H2,(H,14,15). The Morgan fingerprint density at radius 1 is 1.35 bits per heavy atom. The second-order valence-corrected chi connectivity index (χ2v) is 4.29. The van der Waals surface area contributed by atoms with Crippen LogP contribution in [0.3, 0.4) is 0 Å². The number of anilines is 2. The van der Waals surface area contributed by atoms with Crippen LogP contribution in [0.2, 0.25) is 10.0 Å². The van der Waals surface area contributed by atoms with Crippen LogP contribution in [0.4, 0.5) is 11.5 Å². The predicted octanol–water partition coefficient (Wildman–Crippen LogP) is 2.28. The molecule has 0 aliphatic rings. The highest BCUT2D eigenvalue weighted by Crippen LogP contribution is 2.22. The van der Waals surface area contributed by atoms with Crippen molar-refractivity contribution in [3.05, 3.63) is 34.7 Å². The highest BCUT2D eigenvalue weighted by Gasteiger charge is 2.02. The predicted molar refractivity (Wildman–Crippen MR) is 69.4 cm³/mol. The molecular weight excluding hydrogens is 261 g/mol. The molecule has 0 spiro atoms. The van der Waals surface area contributed by atoms with Crippen molar-refractivity contribution >= 4 is 34.7 Å². The Morgan fingerprint density at radius 3 is 2.82 bits per heavy atom. The third-order valence-corrected chi connectivity index (χ3v) is 2.59. The van der Waals surface area contributed by atoms with Crippen molar-refractivity contribution in [1.29, 1.82) is 0 Å². The smallest absolute Gasteiger partial charge is 0.144 e. The van der Waals surface area contributed by atoms with Crippen LogP contribution in [-0.2, 0) is 6.54 Å². The Hall–Kier alpha value is -1.46. The zero-order chi connectivity index (χ0) is 12.3. The largest absolute Gasteiger partial charge is 0.396 e. The molecule has 0 aromatic carbocycles. The lowest BCUT2D eigenvalue weighted by Crippen LogP contribution is -2.11. The number of halogens is 2. The van der Waals surface area contributed by atoms with Gasteiger partial charge in [0.1, 0.15) is 5.82 Å². The van der Waals surface area contributed by atoms with Crippen LogP contribution in [0.15, 0.2) is 24.7 Å². The lowest BCUT2D eigenvalue weighted by Gasteiger charge is -2.07. The molecule has 17 heavy (non-hydrogen) atoms. The van der Waals surface area contributed by atoms with Gasteiger partial charge in [0.25, 0.3) is 0 Å². The van der Waals surface area contributed by atoms with Gasteiger partial charge >= 0.3 is 0 Å². The van der Waals surface area contributed by atoms with Crippen molar-refractivity contribution < 1.29 is 0 Å². The van der Waals surface area contributed by atoms with Crippen molar-refractivity contribution in [3.8, 4) is 0 Å². The van der Waals surface area contributed by atoms with Gasteiger partial charge in [0, 0.05) is 18.9 Å². The molecular formula is C10H11Cl2N5. The van der Waals surface area contributed by atoms with Crippen LogP contribution in [0.25, 0.3) is 0 Å². The van der Waals surface area contributed by atoms with E-state index in [9.17, 15) is 0 Å². The molecule has 0 fully saturated rings. The second-order valence-electron chi connectivity index (χ2n) is 3.45. The van der Waals surface area contributed by atoms with Gasteiger partial charge in [-0.25, -0.2) is 4.98 Å². The van der Waals surface area contributed by atoms with Crippen LogP contribution in [0, 0.1) is 0 Å². The lowest BCUT2D eigenvalue weighted by molar-refractivity contribution is 0.637. The van der Waals surface area contributed by atoms with Gasteiger partial charge in [0.15, 0.2) is 0 Å². The van der Waals surface area contributed by atoms with Gasteiger partial charge in [-0.05, 0) is 6.07 Å². The highest BCUT2D eigenvalue weighted by molar-refractivity contribution is 6.35. The number of nitrogens with zero attached hydrogens (tertiary/aromatic N) is 3. The average molecular weight is 272 g/mol. The number of nitrogen functional groups attached to an aromatic ring is 1. The number of hydrogen-bond acceptors (Lipinski definition) is 4. The summed E-state index contributed by atoms with van der Waals surface area (Å²) in [5.74, 6) is 0.608. The van der Waals surface area contributed by atoms with Crippen molar-refractivity contribution in [3.63, 3.8) is 0 Å². The minimum absolute atomic E-state index is 0.498. The molecule has 7 heteroatoms. The van der Waals surface area contributed by atoms with E-state index in [2.05, 4.69) is 15.4 Å². The van der Waals surface area contributed by atoms with Gasteiger partial charge in [-0.1, -0.05) is 23.2 Å². The monoisotopic (exact) mass is 271 g/mol. The number of pyridine rings is 1. The second kappa shape index (κ2) is 5.25. The van der Waals surface area contributed by atoms with Gasteiger partial charge in [-0.3, -0.25) is 4.68 Å². The van der Waals surface area contributed by atoms with Crippen LogP contribution < -0.4 is 11.1 Å². The minimum atomic E-state index is 0.498. The maximum atomic E-state index is 5.96. The van der Waals surface area contributed by atoms with E-state index in [1.54, 1.807) is 29.3 Å². The first kappa shape index (κ1) is 12.0. The van der Waals surface area contributed by atoms with E-state index >= 15 is 0 Å². The summed E-state index contributed by atoms with van der Waals surface area (Å²) >= 11 is 11.7. The molecule has 0 bridgehead atoms. The summed E-state index contributed by atoms with van der Waals surface area (Å²) in [6.07, 6.45) is 4.91. The zero-order valence-corrected chi connectivity index (χ0v) is 10.4. The minimum Gasteiger partial charge on any atom is -0.396 e. The third kappa shape index (κ3) is 3.25. The zero-order valence-electron chi connectivity index (χ0n) is 8.90. The summed E-state index contributed by atoms with van der Waals surface area (Å²) in [7, 11) is 0. The van der Waals surface area contributed by atoms with Gasteiger partial charge in [0.2, 0.25) is 0 Å². The van der Waals surface area contributed by atoms with E-state index in [0.29, 0.717) is 34.6 Å². The van der Waals surface area contributed by atoms with Crippen molar-refractivity contribution in [2.24, 2.45) is 0 Å². The van der Waals surface area contributed by atoms with Crippen molar-refractivity contribution in [1.82, 2.24) is 14.8 Å². The quantitative estimate of drug-likeness (QED) is 0.895. The third-order valence-electron chi connectivity index (χ3n) is 2.09. The van der Waals surface area contributed by atoms with Crippen LogP contribution in [0.1, 0.15) is 0 Å². The van der Waals surface area contributed by atoms with Gasteiger partial charge in [-0.2, -0.15) is 5.10 Å². The fourth-order valence-corrected chi connectivity index (χ4v) is 1.78. The van der Waals surface area contributed by atoms with Crippen LogP contribution in [-0.4, -0.2) is 21.3 Å². The van der Waals surface area contributed by atoms with E-state index in [1.165, 1.54) is 0 Å². The SMILES string of the molecule is Nc1cnn(CCNc2ncc(Cl)cc2Cl)c1. The van der Waals surface area contributed by atoms with Crippen molar-refractivity contribution in [2.75, 3.05) is 17.6 Å². The van der Waals surface area contributed by atoms with Crippen LogP contribution in [0.5, 0.6) is 0 Å². The molecule has 0 amide bonds. The maximum Gasteiger partial charge on any atom is 0.144 e. The average Bonchev–Trinajstić information content (AvgIpc) is 2.68. The molecule has 0 aliphatic heterocycles. The Kier molecular flexibility index (Phi) is 3.71. The van der Waals surface area contributed by atoms with E-state index in [-0.39, 0.29) is 0 Å². The first-order valence-electron chi connectivity index (χ1n) is 4.98. The molecule has 2 aromatic rings. The Bertz CT molecular complexity index is 511. The van der Waals surface area contributed by atoms with E-state index < -0.39 is 0 Å². The summed E-state index contributed by atoms with van der Waals surface area (Å²) in [5.41, 5.74) is 6.20. The summed E-state index contributed by atoms with van der Waals surface area (Å²) in [4.78, 5) is 4.08. The fraction of sp³-hybridized carbons (Fsp3) is 0.200. The molecule has 2 aromatic heterocycles. The summed E-state index contributed by atoms with van der Waals surface area (Å²) < 4.78 is 1.74. The van der Waals surface area contributed by atoms with Crippen LogP contribution >= 0.6 is 23.2 Å². The highest BCUT2D eigenvalue weighted by atomic mass is 35.5. The van der Waals surface area contributed by atoms with E-state index in [4.69, 9.17) is 28.9 Å². The number of hydrogen-bond donors (Lipinski definition) is 2. The van der Waals surface area contributed by atoms with Crippen molar-refractivity contribution in [2.45, 2.75) is 6.54 Å². The molecule has 0 saturated carbocycles. The molecule has 90 valence electrons. The van der Waals surface area contributed by atoms with Gasteiger partial charge in [-0.15, -0.1) is 0 Å². The Morgan fingerprint density at radius 2 is 2.18 bits per heavy atom. The summed E-state index contributed by atoms with van der Waals surface area (Å²) in [5, 5.41) is 8.17. The molecule has 5 nitrogen and oxygen atoms in total. The first-order valence-corrected chi connectivity index (χ1v) is 5.73. The molecule has 3 N–H and O–H groups in total. The molecule has 2 heterocycles. The number of rotatable bonds is 4. The molecule has 0 saturated heterocycles. The molecule has 0 radical (unpaired) electrons. The summed E-state index contributed by atoms with van der Waals surface area (Å²) in [6.45, 7) is 1.33. The normalized spacial score (nSPS) is 10.5. The Labute approximate surface area is 109 Å². The van der Waals surface area contributed by atoms with Gasteiger partial charge in [0.05, 0.1) is 28.5 Å². The van der Waals surface area contributed by atoms with Gasteiger partial charge < -0.3 is 11.1 Å². The fourth-order valence-electron chi connectivity index (χ4n) is 1.34. The number of nitrogens with two attached hydrogens (primary N) is 1. The van der Waals surface area contributed by atoms with E-state index in [0.717, 1.165) is 0 Å². The molecule has 0 atom stereocenters. The molecule has 0 unspecified atom stereocenters. The lowest BCUT2D eigenvalue weighted by atomic mass is 10.4.